The van der Waals surface area contributed by atoms with E-state index < -0.39 is 15.3 Å². The summed E-state index contributed by atoms with van der Waals surface area (Å²) in [5, 5.41) is 0. The van der Waals surface area contributed by atoms with E-state index in [0.717, 1.165) is 11.5 Å². The highest BCUT2D eigenvalue weighted by Crippen LogP contribution is 2.16. The lowest BCUT2D eigenvalue weighted by atomic mass is 10.3. The number of hydrogen-bond donors (Lipinski definition) is 0. The van der Waals surface area contributed by atoms with Crippen LogP contribution < -0.4 is 8.85 Å². The molecule has 2 aromatic rings. The van der Waals surface area contributed by atoms with Crippen molar-refractivity contribution < 1.29 is 18.4 Å². The third kappa shape index (κ3) is 6.00. The molecule has 0 radical (unpaired) electrons. The van der Waals surface area contributed by atoms with Gasteiger partial charge in [0.15, 0.2) is 0 Å². The molecule has 0 heterocycles. The van der Waals surface area contributed by atoms with Crippen molar-refractivity contribution in [3.05, 3.63) is 72.8 Å². The number of carbonyl (C=O) groups excluding carboxylic acids is 1. The fourth-order valence-corrected chi connectivity index (χ4v) is 3.33. The molecule has 0 saturated heterocycles. The van der Waals surface area contributed by atoms with Crippen molar-refractivity contribution in [2.75, 3.05) is 6.61 Å². The molecule has 2 rings (SSSR count). The fraction of sp³-hybridized carbons (Fsp3) is 0.167. The third-order valence-corrected chi connectivity index (χ3v) is 4.73. The Morgan fingerprint density at radius 3 is 1.87 bits per heavy atom. The van der Waals surface area contributed by atoms with E-state index in [-0.39, 0.29) is 6.61 Å². The highest BCUT2D eigenvalue weighted by Gasteiger charge is 2.19. The lowest BCUT2D eigenvalue weighted by molar-refractivity contribution is -0.138. The van der Waals surface area contributed by atoms with E-state index in [2.05, 4.69) is 6.58 Å². The summed E-state index contributed by atoms with van der Waals surface area (Å²) in [7, 11) is -2.08. The predicted octanol–water partition coefficient (Wildman–Crippen LogP) is 3.48. The first-order valence-electron chi connectivity index (χ1n) is 7.41. The van der Waals surface area contributed by atoms with Crippen LogP contribution in [0.5, 0.6) is 11.5 Å². The number of esters is 1. The number of benzene rings is 2. The smallest absolute Gasteiger partial charge is 0.447 e. The maximum absolute atomic E-state index is 11.5. The van der Waals surface area contributed by atoms with Crippen LogP contribution in [0.4, 0.5) is 0 Å². The second-order valence-corrected chi connectivity index (χ2v) is 6.90. The molecule has 5 heteroatoms. The van der Waals surface area contributed by atoms with Crippen molar-refractivity contribution in [2.24, 2.45) is 0 Å². The minimum Gasteiger partial charge on any atom is -0.514 e. The van der Waals surface area contributed by atoms with Gasteiger partial charge >= 0.3 is 15.3 Å². The van der Waals surface area contributed by atoms with E-state index in [4.69, 9.17) is 13.6 Å². The molecule has 4 nitrogen and oxygen atoms in total. The Morgan fingerprint density at radius 1 is 0.957 bits per heavy atom. The van der Waals surface area contributed by atoms with E-state index in [0.29, 0.717) is 11.6 Å². The zero-order valence-electron chi connectivity index (χ0n) is 13.1. The van der Waals surface area contributed by atoms with Crippen LogP contribution >= 0.6 is 0 Å². The van der Waals surface area contributed by atoms with Gasteiger partial charge in [0.05, 0.1) is 6.61 Å². The second kappa shape index (κ2) is 8.80. The van der Waals surface area contributed by atoms with Crippen LogP contribution in [0.25, 0.3) is 0 Å². The van der Waals surface area contributed by atoms with Gasteiger partial charge < -0.3 is 13.6 Å². The van der Waals surface area contributed by atoms with Crippen molar-refractivity contribution in [2.45, 2.75) is 13.0 Å². The molecule has 0 atom stereocenters. The Morgan fingerprint density at radius 2 is 1.43 bits per heavy atom. The van der Waals surface area contributed by atoms with E-state index in [1.807, 2.05) is 60.7 Å². The first-order valence-corrected chi connectivity index (χ1v) is 9.17. The minimum atomic E-state index is -2.08. The summed E-state index contributed by atoms with van der Waals surface area (Å²) < 4.78 is 17.1. The molecule has 120 valence electrons. The van der Waals surface area contributed by atoms with Gasteiger partial charge in [0.1, 0.15) is 11.5 Å². The monoisotopic (exact) mass is 328 g/mol. The molecule has 0 amide bonds. The van der Waals surface area contributed by atoms with E-state index in [9.17, 15) is 4.79 Å². The van der Waals surface area contributed by atoms with E-state index >= 15 is 0 Å². The largest absolute Gasteiger partial charge is 0.514 e. The Bertz CT molecular complexity index is 586. The molecular formula is C18H20O4Si. The average molecular weight is 328 g/mol. The zero-order chi connectivity index (χ0) is 16.5. The summed E-state index contributed by atoms with van der Waals surface area (Å²) in [6, 6.07) is 19.6. The predicted molar refractivity (Wildman–Crippen MR) is 91.9 cm³/mol. The molecule has 0 aliphatic carbocycles. The maximum Gasteiger partial charge on any atom is 0.447 e. The molecule has 0 N–H and O–H groups in total. The first-order chi connectivity index (χ1) is 11.1. The second-order valence-electron chi connectivity index (χ2n) is 5.00. The molecule has 0 saturated carbocycles. The summed E-state index contributed by atoms with van der Waals surface area (Å²) in [5.74, 6) is 1.12. The minimum absolute atomic E-state index is 0.252. The van der Waals surface area contributed by atoms with Crippen molar-refractivity contribution in [3.8, 4) is 11.5 Å². The molecule has 0 aliphatic heterocycles. The van der Waals surface area contributed by atoms with Crippen LogP contribution in [-0.4, -0.2) is 21.9 Å². The fourth-order valence-electron chi connectivity index (χ4n) is 1.81. The third-order valence-electron chi connectivity index (χ3n) is 2.96. The molecular weight excluding hydrogens is 308 g/mol. The van der Waals surface area contributed by atoms with Gasteiger partial charge in [0.2, 0.25) is 0 Å². The van der Waals surface area contributed by atoms with Crippen LogP contribution in [-0.2, 0) is 9.53 Å². The van der Waals surface area contributed by atoms with E-state index in [1.165, 1.54) is 0 Å². The maximum atomic E-state index is 11.5. The number of hydrogen-bond acceptors (Lipinski definition) is 4. The molecule has 2 aromatic carbocycles. The van der Waals surface area contributed by atoms with Gasteiger partial charge in [0.25, 0.3) is 0 Å². The Kier molecular flexibility index (Phi) is 6.44. The van der Waals surface area contributed by atoms with Crippen LogP contribution in [0, 0.1) is 0 Å². The summed E-state index contributed by atoms with van der Waals surface area (Å²) in [4.78, 5) is 11.5. The highest BCUT2D eigenvalue weighted by molar-refractivity contribution is 6.46. The van der Waals surface area contributed by atoms with Crippen molar-refractivity contribution >= 4 is 15.3 Å². The Balaban J connectivity index is 1.96. The van der Waals surface area contributed by atoms with Gasteiger partial charge in [0, 0.05) is 11.6 Å². The van der Waals surface area contributed by atoms with Crippen LogP contribution in [0.2, 0.25) is 6.04 Å². The lowest BCUT2D eigenvalue weighted by Gasteiger charge is -2.19. The van der Waals surface area contributed by atoms with Gasteiger partial charge in [-0.05, 0) is 31.2 Å². The van der Waals surface area contributed by atoms with Crippen molar-refractivity contribution in [1.82, 2.24) is 0 Å². The zero-order valence-corrected chi connectivity index (χ0v) is 14.3. The topological polar surface area (TPSA) is 44.8 Å². The SMILES string of the molecule is C=C(C)C(=O)OCC[SiH](Oc1ccccc1)Oc1ccccc1. The van der Waals surface area contributed by atoms with Crippen LogP contribution in [0.15, 0.2) is 72.8 Å². The molecule has 23 heavy (non-hydrogen) atoms. The molecule has 0 bridgehead atoms. The molecule has 0 spiro atoms. The van der Waals surface area contributed by atoms with E-state index in [1.54, 1.807) is 6.92 Å². The summed E-state index contributed by atoms with van der Waals surface area (Å²) in [6.45, 7) is 5.44. The Labute approximate surface area is 138 Å². The average Bonchev–Trinajstić information content (AvgIpc) is 2.56. The Hall–Kier alpha value is -2.53. The van der Waals surface area contributed by atoms with Gasteiger partial charge in [-0.25, -0.2) is 4.79 Å². The quantitative estimate of drug-likeness (QED) is 0.423. The molecule has 0 aliphatic rings. The normalized spacial score (nSPS) is 10.2. The summed E-state index contributed by atoms with van der Waals surface area (Å²) in [6.07, 6.45) is 0. The number of ether oxygens (including phenoxy) is 1. The summed E-state index contributed by atoms with van der Waals surface area (Å²) >= 11 is 0. The van der Waals surface area contributed by atoms with Gasteiger partial charge in [-0.2, -0.15) is 0 Å². The number of carbonyl (C=O) groups is 1. The van der Waals surface area contributed by atoms with Crippen LogP contribution in [0.3, 0.4) is 0 Å². The number of para-hydroxylation sites is 2. The van der Waals surface area contributed by atoms with Gasteiger partial charge in [-0.3, -0.25) is 0 Å². The standard InChI is InChI=1S/C18H20O4Si/c1-15(2)18(19)20-13-14-23(21-16-9-5-3-6-10-16)22-17-11-7-4-8-12-17/h3-12,23H,1,13-14H2,2H3. The van der Waals surface area contributed by atoms with Crippen molar-refractivity contribution in [1.29, 1.82) is 0 Å². The first kappa shape index (κ1) is 16.8. The molecule has 0 unspecified atom stereocenters. The van der Waals surface area contributed by atoms with Crippen LogP contribution in [0.1, 0.15) is 6.92 Å². The highest BCUT2D eigenvalue weighted by atomic mass is 28.3. The lowest BCUT2D eigenvalue weighted by Crippen LogP contribution is -2.31. The molecule has 0 fully saturated rings. The van der Waals surface area contributed by atoms with Gasteiger partial charge in [-0.15, -0.1) is 0 Å². The number of rotatable bonds is 8. The van der Waals surface area contributed by atoms with Crippen molar-refractivity contribution in [3.63, 3.8) is 0 Å². The summed E-state index contributed by atoms with van der Waals surface area (Å²) in [5.41, 5.74) is 0.385. The molecule has 0 aromatic heterocycles. The van der Waals surface area contributed by atoms with Gasteiger partial charge in [-0.1, -0.05) is 43.0 Å².